The van der Waals surface area contributed by atoms with Crippen LogP contribution in [0.2, 0.25) is 0 Å². The minimum absolute atomic E-state index is 0.276. The molecule has 0 radical (unpaired) electrons. The van der Waals surface area contributed by atoms with Crippen LogP contribution in [0.15, 0.2) is 46.6 Å². The summed E-state index contributed by atoms with van der Waals surface area (Å²) in [7, 11) is 0. The zero-order valence-electron chi connectivity index (χ0n) is 19.8. The minimum atomic E-state index is 0.276. The molecular weight excluding hydrogens is 344 g/mol. The predicted octanol–water partition coefficient (Wildman–Crippen LogP) is 8.10. The maximum Gasteiger partial charge on any atom is 0.130 e. The molecule has 0 spiro atoms. The van der Waals surface area contributed by atoms with Crippen molar-refractivity contribution in [3.8, 4) is 0 Å². The molecule has 2 heteroatoms. The predicted molar refractivity (Wildman–Crippen MR) is 125 cm³/mol. The van der Waals surface area contributed by atoms with Gasteiger partial charge in [-0.25, -0.2) is 0 Å². The largest absolute Gasteiger partial charge is 0.300 e. The lowest BCUT2D eigenvalue weighted by Crippen LogP contribution is -1.87. The lowest BCUT2D eigenvalue weighted by molar-refractivity contribution is -0.117. The Hall–Kier alpha value is -1.70. The highest BCUT2D eigenvalue weighted by Gasteiger charge is 1.93. The van der Waals surface area contributed by atoms with Crippen LogP contribution in [0.4, 0.5) is 0 Å². The fraction of sp³-hybridized carbons (Fsp3) is 0.615. The molecule has 0 saturated heterocycles. The third kappa shape index (κ3) is 26.5. The number of Topliss-reactive ketones (excluding diaryl/α,β-unsaturated/α-hetero) is 2. The van der Waals surface area contributed by atoms with Gasteiger partial charge >= 0.3 is 0 Å². The normalized spacial score (nSPS) is 11.3. The van der Waals surface area contributed by atoms with E-state index in [-0.39, 0.29) is 11.6 Å². The minimum Gasteiger partial charge on any atom is -0.300 e. The number of rotatable bonds is 12. The average molecular weight is 389 g/mol. The molecule has 28 heavy (non-hydrogen) atoms. The first kappa shape index (κ1) is 28.5. The molecule has 0 N–H and O–H groups in total. The monoisotopic (exact) mass is 388 g/mol. The van der Waals surface area contributed by atoms with Crippen LogP contribution in [-0.4, -0.2) is 11.6 Å². The van der Waals surface area contributed by atoms with Crippen molar-refractivity contribution in [2.45, 2.75) is 107 Å². The zero-order chi connectivity index (χ0) is 21.9. The lowest BCUT2D eigenvalue weighted by Gasteiger charge is -1.98. The Morgan fingerprint density at radius 1 is 0.464 bits per heavy atom. The fourth-order valence-electron chi connectivity index (χ4n) is 2.42. The van der Waals surface area contributed by atoms with E-state index < -0.39 is 0 Å². The van der Waals surface area contributed by atoms with Crippen molar-refractivity contribution in [3.63, 3.8) is 0 Å². The van der Waals surface area contributed by atoms with Gasteiger partial charge in [0.15, 0.2) is 0 Å². The Balaban J connectivity index is 0. The molecule has 0 rings (SSSR count). The highest BCUT2D eigenvalue weighted by atomic mass is 16.1. The molecule has 0 fully saturated rings. The number of allylic oxidation sites excluding steroid dienone is 8. The maximum atomic E-state index is 10.7. The van der Waals surface area contributed by atoms with Gasteiger partial charge in [-0.05, 0) is 93.9 Å². The maximum absolute atomic E-state index is 10.7. The second-order valence-corrected chi connectivity index (χ2v) is 8.22. The third-order valence-corrected chi connectivity index (χ3v) is 4.16. The first-order valence-corrected chi connectivity index (χ1v) is 10.6. The topological polar surface area (TPSA) is 34.1 Å². The summed E-state index contributed by atoms with van der Waals surface area (Å²) >= 11 is 0. The molecule has 0 atom stereocenters. The lowest BCUT2D eigenvalue weighted by atomic mass is 10.1. The molecular formula is C26H44O2. The van der Waals surface area contributed by atoms with Crippen LogP contribution in [0.3, 0.4) is 0 Å². The molecule has 0 unspecified atom stereocenters. The smallest absolute Gasteiger partial charge is 0.130 e. The Labute approximate surface area is 174 Å². The number of hydrogen-bond donors (Lipinski definition) is 0. The van der Waals surface area contributed by atoms with Crippen LogP contribution in [0, 0.1) is 0 Å². The zero-order valence-corrected chi connectivity index (χ0v) is 19.8. The summed E-state index contributed by atoms with van der Waals surface area (Å²) in [6.07, 6.45) is 16.5. The van der Waals surface area contributed by atoms with Gasteiger partial charge in [0, 0.05) is 12.8 Å². The molecule has 0 bridgehead atoms. The van der Waals surface area contributed by atoms with Crippen molar-refractivity contribution in [1.29, 1.82) is 0 Å². The number of carbonyl (C=O) groups excluding carboxylic acids is 2. The van der Waals surface area contributed by atoms with Crippen LogP contribution in [0.5, 0.6) is 0 Å². The summed E-state index contributed by atoms with van der Waals surface area (Å²) in [6, 6.07) is 0. The van der Waals surface area contributed by atoms with E-state index >= 15 is 0 Å². The van der Waals surface area contributed by atoms with Crippen LogP contribution in [0.1, 0.15) is 107 Å². The standard InChI is InChI=1S/2C13H22O/c2*1-11(2)7-5-8-12(3)9-6-10-13(4)14/h2*7,9H,5-6,8,10H2,1-4H3/b12-9-;. The van der Waals surface area contributed by atoms with Gasteiger partial charge in [0.2, 0.25) is 0 Å². The van der Waals surface area contributed by atoms with Crippen molar-refractivity contribution < 1.29 is 9.59 Å². The van der Waals surface area contributed by atoms with Crippen molar-refractivity contribution in [1.82, 2.24) is 0 Å². The van der Waals surface area contributed by atoms with E-state index in [1.165, 1.54) is 22.3 Å². The summed E-state index contributed by atoms with van der Waals surface area (Å²) < 4.78 is 0. The van der Waals surface area contributed by atoms with Gasteiger partial charge in [0.25, 0.3) is 0 Å². The Morgan fingerprint density at radius 2 is 0.750 bits per heavy atom. The molecule has 0 aromatic carbocycles. The Bertz CT molecular complexity index is 511. The second kappa shape index (κ2) is 18.7. The average Bonchev–Trinajstić information content (AvgIpc) is 2.54. The van der Waals surface area contributed by atoms with Crippen molar-refractivity contribution in [2.24, 2.45) is 0 Å². The number of hydrogen-bond acceptors (Lipinski definition) is 2. The number of carbonyl (C=O) groups is 2. The van der Waals surface area contributed by atoms with Crippen LogP contribution in [-0.2, 0) is 9.59 Å². The number of ketones is 2. The van der Waals surface area contributed by atoms with Crippen molar-refractivity contribution in [3.05, 3.63) is 46.6 Å². The van der Waals surface area contributed by atoms with Gasteiger partial charge in [0.1, 0.15) is 11.6 Å². The molecule has 0 aromatic heterocycles. The van der Waals surface area contributed by atoms with Crippen LogP contribution >= 0.6 is 0 Å². The molecule has 2 nitrogen and oxygen atoms in total. The van der Waals surface area contributed by atoms with Gasteiger partial charge < -0.3 is 9.59 Å². The molecule has 0 saturated carbocycles. The van der Waals surface area contributed by atoms with E-state index in [0.717, 1.165) is 38.5 Å². The Morgan fingerprint density at radius 3 is 1.00 bits per heavy atom. The van der Waals surface area contributed by atoms with E-state index in [9.17, 15) is 9.59 Å². The van der Waals surface area contributed by atoms with Gasteiger partial charge in [-0.1, -0.05) is 46.6 Å². The molecule has 0 amide bonds. The van der Waals surface area contributed by atoms with Gasteiger partial charge in [-0.15, -0.1) is 0 Å². The quantitative estimate of drug-likeness (QED) is 0.316. The van der Waals surface area contributed by atoms with E-state index in [2.05, 4.69) is 65.8 Å². The first-order chi connectivity index (χ1) is 13.0. The molecule has 0 heterocycles. The van der Waals surface area contributed by atoms with Gasteiger partial charge in [-0.2, -0.15) is 0 Å². The highest BCUT2D eigenvalue weighted by molar-refractivity contribution is 5.75. The SMILES string of the molecule is CC(=O)CC/C=C(/C)CCC=C(C)C.CC(=O)CCC=C(C)CCC=C(C)C. The first-order valence-electron chi connectivity index (χ1n) is 10.6. The van der Waals surface area contributed by atoms with E-state index in [1.807, 2.05) is 0 Å². The molecule has 0 aliphatic rings. The summed E-state index contributed by atoms with van der Waals surface area (Å²) in [4.78, 5) is 21.4. The van der Waals surface area contributed by atoms with Gasteiger partial charge in [-0.3, -0.25) is 0 Å². The summed E-state index contributed by atoms with van der Waals surface area (Å²) in [5, 5.41) is 0. The van der Waals surface area contributed by atoms with E-state index in [0.29, 0.717) is 12.8 Å². The van der Waals surface area contributed by atoms with Crippen LogP contribution in [0.25, 0.3) is 0 Å². The van der Waals surface area contributed by atoms with Crippen LogP contribution < -0.4 is 0 Å². The summed E-state index contributed by atoms with van der Waals surface area (Å²) in [6.45, 7) is 16.0. The molecule has 0 aliphatic carbocycles. The summed E-state index contributed by atoms with van der Waals surface area (Å²) in [5.74, 6) is 0.552. The van der Waals surface area contributed by atoms with Gasteiger partial charge in [0.05, 0.1) is 0 Å². The summed E-state index contributed by atoms with van der Waals surface area (Å²) in [5.41, 5.74) is 5.54. The Kier molecular flexibility index (Phi) is 19.0. The second-order valence-electron chi connectivity index (χ2n) is 8.22. The molecule has 160 valence electrons. The molecule has 0 aromatic rings. The van der Waals surface area contributed by atoms with E-state index in [1.54, 1.807) is 13.8 Å². The fourth-order valence-corrected chi connectivity index (χ4v) is 2.42. The molecule has 0 aliphatic heterocycles. The van der Waals surface area contributed by atoms with E-state index in [4.69, 9.17) is 0 Å². The van der Waals surface area contributed by atoms with Crippen molar-refractivity contribution >= 4 is 11.6 Å². The highest BCUT2D eigenvalue weighted by Crippen LogP contribution is 2.09. The van der Waals surface area contributed by atoms with Crippen molar-refractivity contribution in [2.75, 3.05) is 0 Å². The third-order valence-electron chi connectivity index (χ3n) is 4.16.